The summed E-state index contributed by atoms with van der Waals surface area (Å²) < 4.78 is 5.24. The van der Waals surface area contributed by atoms with Crippen molar-refractivity contribution in [2.45, 2.75) is 0 Å². The van der Waals surface area contributed by atoms with Gasteiger partial charge in [-0.15, -0.1) is 0 Å². The lowest BCUT2D eigenvalue weighted by Crippen LogP contribution is -1.85. The fraction of sp³-hybridized carbons (Fsp3) is 0. The second kappa shape index (κ2) is 4.22. The molecular weight excluding hydrogens is 212 g/mol. The Labute approximate surface area is 98.4 Å². The van der Waals surface area contributed by atoms with Gasteiger partial charge in [-0.25, -0.2) is 0 Å². The number of fused-ring (bicyclic) bond motifs is 1. The van der Waals surface area contributed by atoms with Crippen molar-refractivity contribution in [1.82, 2.24) is 10.2 Å². The monoisotopic (exact) mass is 222 g/mol. The van der Waals surface area contributed by atoms with Gasteiger partial charge in [-0.1, -0.05) is 18.2 Å². The van der Waals surface area contributed by atoms with E-state index in [1.54, 1.807) is 12.5 Å². The molecule has 0 N–H and O–H groups in total. The van der Waals surface area contributed by atoms with Crippen molar-refractivity contribution in [3.8, 4) is 0 Å². The molecule has 0 radical (unpaired) electrons. The van der Waals surface area contributed by atoms with Gasteiger partial charge >= 0.3 is 0 Å². The molecule has 0 aliphatic rings. The van der Waals surface area contributed by atoms with Crippen LogP contribution >= 0.6 is 0 Å². The maximum atomic E-state index is 5.24. The zero-order valence-corrected chi connectivity index (χ0v) is 9.08. The van der Waals surface area contributed by atoms with Crippen LogP contribution in [-0.4, -0.2) is 10.2 Å². The topological polar surface area (TPSA) is 38.9 Å². The third-order valence-corrected chi connectivity index (χ3v) is 2.55. The predicted molar refractivity (Wildman–Crippen MR) is 67.2 cm³/mol. The highest BCUT2D eigenvalue weighted by Gasteiger charge is 1.98. The van der Waals surface area contributed by atoms with Crippen molar-refractivity contribution in [2.24, 2.45) is 0 Å². The van der Waals surface area contributed by atoms with Crippen molar-refractivity contribution in [3.05, 3.63) is 60.2 Å². The van der Waals surface area contributed by atoms with E-state index in [9.17, 15) is 0 Å². The minimum Gasteiger partial charge on any atom is -0.465 e. The zero-order chi connectivity index (χ0) is 11.5. The van der Waals surface area contributed by atoms with Gasteiger partial charge in [0.15, 0.2) is 0 Å². The van der Waals surface area contributed by atoms with Crippen LogP contribution in [0.1, 0.15) is 11.3 Å². The Kier molecular flexibility index (Phi) is 2.43. The Balaban J connectivity index is 2.06. The molecule has 0 amide bonds. The molecule has 0 unspecified atom stereocenters. The number of nitrogens with zero attached hydrogens (tertiary/aromatic N) is 2. The first-order chi connectivity index (χ1) is 8.43. The Morgan fingerprint density at radius 3 is 2.82 bits per heavy atom. The minimum atomic E-state index is 0.825. The van der Waals surface area contributed by atoms with E-state index in [0.29, 0.717) is 0 Å². The molecule has 1 aromatic carbocycles. The number of rotatable bonds is 2. The minimum absolute atomic E-state index is 0.825. The van der Waals surface area contributed by atoms with E-state index >= 15 is 0 Å². The van der Waals surface area contributed by atoms with E-state index in [4.69, 9.17) is 4.42 Å². The molecule has 0 atom stereocenters. The summed E-state index contributed by atoms with van der Waals surface area (Å²) >= 11 is 0. The van der Waals surface area contributed by atoms with E-state index in [0.717, 1.165) is 22.2 Å². The van der Waals surface area contributed by atoms with Gasteiger partial charge in [0, 0.05) is 10.9 Å². The summed E-state index contributed by atoms with van der Waals surface area (Å²) in [7, 11) is 0. The summed E-state index contributed by atoms with van der Waals surface area (Å²) in [5.41, 5.74) is 1.93. The van der Waals surface area contributed by atoms with Crippen molar-refractivity contribution in [3.63, 3.8) is 0 Å². The molecule has 82 valence electrons. The maximum Gasteiger partial charge on any atom is 0.126 e. The molecule has 0 bridgehead atoms. The average Bonchev–Trinajstić information content (AvgIpc) is 2.89. The second-order valence-electron chi connectivity index (χ2n) is 3.67. The molecule has 2 heterocycles. The molecule has 17 heavy (non-hydrogen) atoms. The van der Waals surface area contributed by atoms with E-state index in [1.165, 1.54) is 0 Å². The maximum absolute atomic E-state index is 5.24. The van der Waals surface area contributed by atoms with E-state index < -0.39 is 0 Å². The number of aromatic nitrogens is 2. The van der Waals surface area contributed by atoms with E-state index in [2.05, 4.69) is 10.2 Å². The van der Waals surface area contributed by atoms with Gasteiger partial charge in [-0.3, -0.25) is 0 Å². The summed E-state index contributed by atoms with van der Waals surface area (Å²) in [4.78, 5) is 0. The van der Waals surface area contributed by atoms with Crippen molar-refractivity contribution in [1.29, 1.82) is 0 Å². The first kappa shape index (κ1) is 9.78. The highest BCUT2D eigenvalue weighted by atomic mass is 16.3. The molecule has 0 spiro atoms. The van der Waals surface area contributed by atoms with Gasteiger partial charge < -0.3 is 4.42 Å². The summed E-state index contributed by atoms with van der Waals surface area (Å²) in [5.74, 6) is 0.825. The Bertz CT molecular complexity index is 652. The third-order valence-electron chi connectivity index (χ3n) is 2.55. The lowest BCUT2D eigenvalue weighted by atomic mass is 10.1. The lowest BCUT2D eigenvalue weighted by molar-refractivity contribution is 0.557. The van der Waals surface area contributed by atoms with Crippen molar-refractivity contribution < 1.29 is 4.42 Å². The van der Waals surface area contributed by atoms with Crippen LogP contribution in [0.5, 0.6) is 0 Å². The molecule has 0 fully saturated rings. The molecular formula is C14H10N2O. The van der Waals surface area contributed by atoms with Gasteiger partial charge in [0.05, 0.1) is 18.0 Å². The molecule has 0 saturated carbocycles. The van der Waals surface area contributed by atoms with Crippen molar-refractivity contribution >= 4 is 23.1 Å². The predicted octanol–water partition coefficient (Wildman–Crippen LogP) is 3.39. The Morgan fingerprint density at radius 1 is 1.00 bits per heavy atom. The number of hydrogen-bond acceptors (Lipinski definition) is 3. The molecule has 3 heteroatoms. The molecule has 3 aromatic rings. The molecule has 3 rings (SSSR count). The number of hydrogen-bond donors (Lipinski definition) is 0. The van der Waals surface area contributed by atoms with Crippen LogP contribution in [0.15, 0.2) is 53.3 Å². The van der Waals surface area contributed by atoms with Crippen LogP contribution < -0.4 is 0 Å². The van der Waals surface area contributed by atoms with Gasteiger partial charge in [-0.05, 0) is 30.4 Å². The largest absolute Gasteiger partial charge is 0.465 e. The molecule has 0 aliphatic carbocycles. The quantitative estimate of drug-likeness (QED) is 0.667. The van der Waals surface area contributed by atoms with Crippen molar-refractivity contribution in [2.75, 3.05) is 0 Å². The Morgan fingerprint density at radius 2 is 1.94 bits per heavy atom. The molecule has 2 aromatic heterocycles. The second-order valence-corrected chi connectivity index (χ2v) is 3.67. The molecule has 0 aliphatic heterocycles. The first-order valence-electron chi connectivity index (χ1n) is 5.35. The third kappa shape index (κ3) is 1.95. The van der Waals surface area contributed by atoms with Crippen LogP contribution in [0, 0.1) is 0 Å². The standard InChI is InChI=1S/C14H10N2O/c1-2-6-14-13(5-1)11(10-15-16-14)7-8-12-4-3-9-17-12/h1-10H/b8-7+. The van der Waals surface area contributed by atoms with Crippen LogP contribution in [0.3, 0.4) is 0 Å². The number of furan rings is 1. The highest BCUT2D eigenvalue weighted by molar-refractivity contribution is 5.89. The lowest BCUT2D eigenvalue weighted by Gasteiger charge is -1.98. The summed E-state index contributed by atoms with van der Waals surface area (Å²) in [5, 5.41) is 9.15. The fourth-order valence-electron chi connectivity index (χ4n) is 1.72. The van der Waals surface area contributed by atoms with Crippen LogP contribution in [0.25, 0.3) is 23.1 Å². The van der Waals surface area contributed by atoms with Gasteiger partial charge in [0.1, 0.15) is 5.76 Å². The number of benzene rings is 1. The van der Waals surface area contributed by atoms with Gasteiger partial charge in [0.2, 0.25) is 0 Å². The van der Waals surface area contributed by atoms with Crippen LogP contribution in [0.4, 0.5) is 0 Å². The first-order valence-corrected chi connectivity index (χ1v) is 5.35. The zero-order valence-electron chi connectivity index (χ0n) is 9.08. The molecule has 0 saturated heterocycles. The summed E-state index contributed by atoms with van der Waals surface area (Å²) in [6, 6.07) is 11.7. The van der Waals surface area contributed by atoms with Gasteiger partial charge in [-0.2, -0.15) is 10.2 Å². The van der Waals surface area contributed by atoms with Gasteiger partial charge in [0.25, 0.3) is 0 Å². The normalized spacial score (nSPS) is 11.3. The smallest absolute Gasteiger partial charge is 0.126 e. The Hall–Kier alpha value is -2.42. The van der Waals surface area contributed by atoms with Crippen LogP contribution in [0.2, 0.25) is 0 Å². The highest BCUT2D eigenvalue weighted by Crippen LogP contribution is 2.17. The van der Waals surface area contributed by atoms with Crippen LogP contribution in [-0.2, 0) is 0 Å². The average molecular weight is 222 g/mol. The summed E-state index contributed by atoms with van der Waals surface area (Å²) in [6.07, 6.45) is 7.31. The molecule has 3 nitrogen and oxygen atoms in total. The fourth-order valence-corrected chi connectivity index (χ4v) is 1.72. The SMILES string of the molecule is C(=C\c1cnnc2ccccc12)/c1ccco1. The van der Waals surface area contributed by atoms with E-state index in [1.807, 2.05) is 48.6 Å². The van der Waals surface area contributed by atoms with E-state index in [-0.39, 0.29) is 0 Å². The summed E-state index contributed by atoms with van der Waals surface area (Å²) in [6.45, 7) is 0.